The molecule has 1 N–H and O–H groups in total. The van der Waals surface area contributed by atoms with Gasteiger partial charge in [-0.2, -0.15) is 0 Å². The van der Waals surface area contributed by atoms with Gasteiger partial charge in [-0.15, -0.1) is 0 Å². The van der Waals surface area contributed by atoms with Crippen molar-refractivity contribution < 1.29 is 5.11 Å². The van der Waals surface area contributed by atoms with Gasteiger partial charge >= 0.3 is 0 Å². The second-order valence-corrected chi connectivity index (χ2v) is 6.10. The van der Waals surface area contributed by atoms with Crippen LogP contribution in [0.1, 0.15) is 50.3 Å². The van der Waals surface area contributed by atoms with E-state index in [4.69, 9.17) is 21.7 Å². The van der Waals surface area contributed by atoms with Crippen LogP contribution in [-0.2, 0) is 6.54 Å². The predicted molar refractivity (Wildman–Crippen MR) is 82.3 cm³/mol. The van der Waals surface area contributed by atoms with E-state index < -0.39 is 0 Å². The van der Waals surface area contributed by atoms with Crippen LogP contribution in [-0.4, -0.2) is 21.3 Å². The molecule has 3 rings (SSSR count). The lowest BCUT2D eigenvalue weighted by Crippen LogP contribution is -2.13. The Kier molecular flexibility index (Phi) is 4.27. The Balaban J connectivity index is 2.04. The number of aromatic nitrogens is 2. The van der Waals surface area contributed by atoms with E-state index in [1.54, 1.807) is 0 Å². The number of hydrogen-bond donors (Lipinski definition) is 1. The molecule has 1 aliphatic rings. The summed E-state index contributed by atoms with van der Waals surface area (Å²) in [6.07, 6.45) is 7.17. The van der Waals surface area contributed by atoms with Crippen LogP contribution in [0.25, 0.3) is 11.0 Å². The van der Waals surface area contributed by atoms with Crippen LogP contribution in [0, 0.1) is 0 Å². The summed E-state index contributed by atoms with van der Waals surface area (Å²) in [5.74, 6) is 1.75. The lowest BCUT2D eigenvalue weighted by atomic mass is 9.88. The van der Waals surface area contributed by atoms with Crippen molar-refractivity contribution in [1.29, 1.82) is 0 Å². The first-order valence-electron chi connectivity index (χ1n) is 7.56. The summed E-state index contributed by atoms with van der Waals surface area (Å²) < 4.78 is 2.27. The summed E-state index contributed by atoms with van der Waals surface area (Å²) in [4.78, 5) is 4.85. The van der Waals surface area contributed by atoms with Crippen molar-refractivity contribution in [3.8, 4) is 0 Å². The summed E-state index contributed by atoms with van der Waals surface area (Å²) in [5.41, 5.74) is 2.12. The summed E-state index contributed by atoms with van der Waals surface area (Å²) in [6, 6.07) is 5.89. The molecular formula is C16H21ClN2O. The summed E-state index contributed by atoms with van der Waals surface area (Å²) >= 11 is 6.13. The Morgan fingerprint density at radius 1 is 1.25 bits per heavy atom. The average Bonchev–Trinajstić information content (AvgIpc) is 2.84. The number of imidazole rings is 1. The number of aliphatic hydroxyl groups is 1. The molecule has 0 aliphatic heterocycles. The normalized spacial score (nSPS) is 16.9. The Hall–Kier alpha value is -1.06. The number of aryl methyl sites for hydroxylation is 1. The zero-order valence-corrected chi connectivity index (χ0v) is 12.4. The maximum Gasteiger partial charge on any atom is 0.112 e. The van der Waals surface area contributed by atoms with Gasteiger partial charge in [0.25, 0.3) is 0 Å². The van der Waals surface area contributed by atoms with E-state index in [9.17, 15) is 0 Å². The molecule has 1 saturated carbocycles. The Morgan fingerprint density at radius 3 is 2.80 bits per heavy atom. The van der Waals surface area contributed by atoms with Gasteiger partial charge < -0.3 is 9.67 Å². The first-order valence-corrected chi connectivity index (χ1v) is 7.94. The van der Waals surface area contributed by atoms with Crippen molar-refractivity contribution >= 4 is 22.6 Å². The van der Waals surface area contributed by atoms with E-state index in [1.165, 1.54) is 37.9 Å². The molecule has 0 unspecified atom stereocenters. The van der Waals surface area contributed by atoms with E-state index >= 15 is 0 Å². The number of halogens is 1. The lowest BCUT2D eigenvalue weighted by Gasteiger charge is -2.22. The minimum Gasteiger partial charge on any atom is -0.396 e. The standard InChI is InChI=1S/C16H21ClN2O/c17-13-7-8-14-15(11-13)19(9-4-10-20)16(18-14)12-5-2-1-3-6-12/h7-8,11-12,20H,1-6,9-10H2. The van der Waals surface area contributed by atoms with Gasteiger partial charge in [-0.3, -0.25) is 0 Å². The topological polar surface area (TPSA) is 38.0 Å². The van der Waals surface area contributed by atoms with Gasteiger partial charge in [-0.1, -0.05) is 30.9 Å². The SMILES string of the molecule is OCCCn1c(C2CCCCC2)nc2ccc(Cl)cc21. The average molecular weight is 293 g/mol. The Bertz CT molecular complexity index is 587. The van der Waals surface area contributed by atoms with Crippen molar-refractivity contribution in [1.82, 2.24) is 9.55 Å². The molecule has 20 heavy (non-hydrogen) atoms. The molecule has 0 saturated heterocycles. The number of fused-ring (bicyclic) bond motifs is 1. The quantitative estimate of drug-likeness (QED) is 0.920. The molecule has 1 aromatic carbocycles. The molecule has 3 nitrogen and oxygen atoms in total. The van der Waals surface area contributed by atoms with Gasteiger partial charge in [0.05, 0.1) is 11.0 Å². The van der Waals surface area contributed by atoms with Crippen LogP contribution in [0.2, 0.25) is 5.02 Å². The first-order chi connectivity index (χ1) is 9.79. The van der Waals surface area contributed by atoms with Crippen molar-refractivity contribution in [2.24, 2.45) is 0 Å². The zero-order chi connectivity index (χ0) is 13.9. The predicted octanol–water partition coefficient (Wildman–Crippen LogP) is 4.12. The molecule has 0 spiro atoms. The smallest absolute Gasteiger partial charge is 0.112 e. The number of hydrogen-bond acceptors (Lipinski definition) is 2. The number of aliphatic hydroxyl groups excluding tert-OH is 1. The Labute approximate surface area is 124 Å². The third-order valence-corrected chi connectivity index (χ3v) is 4.49. The monoisotopic (exact) mass is 292 g/mol. The Morgan fingerprint density at radius 2 is 2.05 bits per heavy atom. The van der Waals surface area contributed by atoms with Crippen molar-refractivity contribution in [2.45, 2.75) is 51.0 Å². The van der Waals surface area contributed by atoms with Crippen molar-refractivity contribution in [3.05, 3.63) is 29.0 Å². The summed E-state index contributed by atoms with van der Waals surface area (Å²) in [5, 5.41) is 9.88. The highest BCUT2D eigenvalue weighted by atomic mass is 35.5. The molecule has 1 aromatic heterocycles. The zero-order valence-electron chi connectivity index (χ0n) is 11.7. The number of rotatable bonds is 4. The third kappa shape index (κ3) is 2.70. The highest BCUT2D eigenvalue weighted by molar-refractivity contribution is 6.31. The van der Waals surface area contributed by atoms with Crippen LogP contribution in [0.3, 0.4) is 0 Å². The van der Waals surface area contributed by atoms with Gasteiger partial charge in [-0.25, -0.2) is 4.98 Å². The molecule has 0 radical (unpaired) electrons. The van der Waals surface area contributed by atoms with Crippen LogP contribution in [0.5, 0.6) is 0 Å². The maximum absolute atomic E-state index is 9.13. The van der Waals surface area contributed by atoms with Gasteiger partial charge in [0, 0.05) is 24.1 Å². The van der Waals surface area contributed by atoms with E-state index in [-0.39, 0.29) is 6.61 Å². The number of benzene rings is 1. The molecular weight excluding hydrogens is 272 g/mol. The summed E-state index contributed by atoms with van der Waals surface area (Å²) in [7, 11) is 0. The minimum absolute atomic E-state index is 0.213. The van der Waals surface area contributed by atoms with E-state index in [0.29, 0.717) is 5.92 Å². The van der Waals surface area contributed by atoms with Gasteiger partial charge in [0.15, 0.2) is 0 Å². The van der Waals surface area contributed by atoms with Crippen LogP contribution >= 0.6 is 11.6 Å². The fourth-order valence-corrected chi connectivity index (χ4v) is 3.42. The molecule has 4 heteroatoms. The molecule has 1 aliphatic carbocycles. The maximum atomic E-state index is 9.13. The van der Waals surface area contributed by atoms with Crippen LogP contribution in [0.15, 0.2) is 18.2 Å². The second-order valence-electron chi connectivity index (χ2n) is 5.67. The molecule has 1 fully saturated rings. The highest BCUT2D eigenvalue weighted by Gasteiger charge is 2.22. The lowest BCUT2D eigenvalue weighted by molar-refractivity contribution is 0.278. The van der Waals surface area contributed by atoms with Gasteiger partial charge in [0.2, 0.25) is 0 Å². The first kappa shape index (κ1) is 13.9. The highest BCUT2D eigenvalue weighted by Crippen LogP contribution is 2.34. The molecule has 1 heterocycles. The minimum atomic E-state index is 0.213. The second kappa shape index (κ2) is 6.15. The van der Waals surface area contributed by atoms with Gasteiger partial charge in [-0.05, 0) is 37.5 Å². The largest absolute Gasteiger partial charge is 0.396 e. The van der Waals surface area contributed by atoms with E-state index in [1.807, 2.05) is 18.2 Å². The van der Waals surface area contributed by atoms with Crippen LogP contribution < -0.4 is 0 Å². The molecule has 108 valence electrons. The van der Waals surface area contributed by atoms with E-state index in [0.717, 1.165) is 29.0 Å². The fourth-order valence-electron chi connectivity index (χ4n) is 3.25. The fraction of sp³-hybridized carbons (Fsp3) is 0.562. The van der Waals surface area contributed by atoms with Crippen molar-refractivity contribution in [3.63, 3.8) is 0 Å². The third-order valence-electron chi connectivity index (χ3n) is 4.25. The molecule has 0 amide bonds. The molecule has 0 bridgehead atoms. The molecule has 2 aromatic rings. The van der Waals surface area contributed by atoms with E-state index in [2.05, 4.69) is 4.57 Å². The van der Waals surface area contributed by atoms with Crippen molar-refractivity contribution in [2.75, 3.05) is 6.61 Å². The summed E-state index contributed by atoms with van der Waals surface area (Å²) in [6.45, 7) is 1.03. The van der Waals surface area contributed by atoms with Gasteiger partial charge in [0.1, 0.15) is 5.82 Å². The number of nitrogens with zero attached hydrogens (tertiary/aromatic N) is 2. The van der Waals surface area contributed by atoms with Crippen LogP contribution in [0.4, 0.5) is 0 Å². The molecule has 0 atom stereocenters.